The number of carbonyl (C=O) groups excluding carboxylic acids is 4. The molecule has 1 rings (SSSR count). The summed E-state index contributed by atoms with van der Waals surface area (Å²) >= 11 is 0. The first-order valence-electron chi connectivity index (χ1n) is 15.5. The zero-order valence-electron chi connectivity index (χ0n) is 28.0. The summed E-state index contributed by atoms with van der Waals surface area (Å²) in [5, 5.41) is 36.6. The van der Waals surface area contributed by atoms with E-state index in [9.17, 15) is 39.3 Å². The summed E-state index contributed by atoms with van der Waals surface area (Å²) in [5.74, 6) is -4.77. The van der Waals surface area contributed by atoms with Gasteiger partial charge in [-0.15, -0.1) is 0 Å². The number of phenolic OH excluding ortho intramolecular Hbond substituents is 1. The molecule has 1 aromatic carbocycles. The first-order chi connectivity index (χ1) is 21.8. The zero-order chi connectivity index (χ0) is 36.0. The minimum atomic E-state index is -1.60. The maximum absolute atomic E-state index is 13.9. The number of nitrogens with one attached hydrogen (secondary N) is 3. The Labute approximate surface area is 275 Å². The zero-order valence-corrected chi connectivity index (χ0v) is 28.0. The Bertz CT molecular complexity index is 1230. The molecule has 0 aliphatic rings. The number of aromatic hydroxyl groups is 1. The molecule has 0 bridgehead atoms. The van der Waals surface area contributed by atoms with Gasteiger partial charge in [-0.1, -0.05) is 39.8 Å². The molecule has 0 saturated carbocycles. The number of likely N-dealkylation sites (N-methyl/N-ethyl adjacent to an activating group) is 1. The van der Waals surface area contributed by atoms with Crippen LogP contribution in [0.1, 0.15) is 59.4 Å². The predicted octanol–water partition coefficient (Wildman–Crippen LogP) is -1.24. The Morgan fingerprint density at radius 2 is 1.47 bits per heavy atom. The van der Waals surface area contributed by atoms with E-state index in [1.807, 2.05) is 13.8 Å². The van der Waals surface area contributed by atoms with Crippen LogP contribution in [0.15, 0.2) is 29.3 Å². The molecular formula is C31H52N8O8. The van der Waals surface area contributed by atoms with E-state index in [1.165, 1.54) is 26.1 Å². The van der Waals surface area contributed by atoms with Crippen LogP contribution in [-0.2, 0) is 30.4 Å². The highest BCUT2D eigenvalue weighted by Crippen LogP contribution is 2.17. The van der Waals surface area contributed by atoms with E-state index in [-0.39, 0.29) is 43.4 Å². The lowest BCUT2D eigenvalue weighted by Crippen LogP contribution is -2.60. The summed E-state index contributed by atoms with van der Waals surface area (Å²) in [6.07, 6.45) is -0.578. The second kappa shape index (κ2) is 19.3. The largest absolute Gasteiger partial charge is 0.508 e. The third-order valence-corrected chi connectivity index (χ3v) is 7.35. The van der Waals surface area contributed by atoms with E-state index >= 15 is 0 Å². The number of rotatable bonds is 19. The van der Waals surface area contributed by atoms with Crippen molar-refractivity contribution in [3.05, 3.63) is 29.8 Å². The molecular weight excluding hydrogens is 612 g/mol. The third-order valence-electron chi connectivity index (χ3n) is 7.35. The standard InChI is InChI=1S/C31H52N8O8/c1-16(2)14-23(29(45)39(6)25(17(3)4)28(44)38-24(18(5)40)30(46)47)37-27(43)22(15-19-9-11-20(41)12-10-19)36-26(42)21(32)8-7-13-35-31(33)34/h9-12,16-18,21-25,40-41H,7-8,13-15,32H2,1-6H3,(H,36,42)(H,37,43)(H,38,44)(H,46,47)(H4,33,34,35)/t18-,21+,22+,23+,24+,25+/m1/s1. The Hall–Kier alpha value is -4.44. The molecule has 12 N–H and O–H groups in total. The number of nitrogens with zero attached hydrogens (tertiary/aromatic N) is 2. The number of guanidine groups is 1. The van der Waals surface area contributed by atoms with Crippen LogP contribution in [0.4, 0.5) is 0 Å². The number of benzene rings is 1. The van der Waals surface area contributed by atoms with Crippen LogP contribution in [0, 0.1) is 11.8 Å². The van der Waals surface area contributed by atoms with E-state index in [0.29, 0.717) is 12.0 Å². The molecule has 0 saturated heterocycles. The van der Waals surface area contributed by atoms with Gasteiger partial charge in [0.15, 0.2) is 12.0 Å². The maximum Gasteiger partial charge on any atom is 0.328 e. The summed E-state index contributed by atoms with van der Waals surface area (Å²) in [7, 11) is 1.38. The normalized spacial score (nSPS) is 15.0. The second-order valence-corrected chi connectivity index (χ2v) is 12.4. The van der Waals surface area contributed by atoms with Gasteiger partial charge in [0.2, 0.25) is 23.6 Å². The molecule has 0 spiro atoms. The number of aliphatic imine (C=N–C) groups is 1. The number of aliphatic carboxylic acids is 1. The molecule has 0 aliphatic carbocycles. The first kappa shape index (κ1) is 40.6. The third kappa shape index (κ3) is 13.8. The number of nitrogens with two attached hydrogens (primary N) is 3. The van der Waals surface area contributed by atoms with Crippen LogP contribution in [-0.4, -0.2) is 106 Å². The molecule has 16 nitrogen and oxygen atoms in total. The number of hydrogen-bond acceptors (Lipinski definition) is 9. The van der Waals surface area contributed by atoms with Crippen molar-refractivity contribution in [2.24, 2.45) is 34.0 Å². The lowest BCUT2D eigenvalue weighted by atomic mass is 9.97. The minimum Gasteiger partial charge on any atom is -0.508 e. The number of amides is 4. The molecule has 0 aromatic heterocycles. The summed E-state index contributed by atoms with van der Waals surface area (Å²) < 4.78 is 0. The van der Waals surface area contributed by atoms with Gasteiger partial charge in [-0.2, -0.15) is 0 Å². The maximum atomic E-state index is 13.9. The number of aliphatic hydroxyl groups is 1. The van der Waals surface area contributed by atoms with Crippen LogP contribution >= 0.6 is 0 Å². The van der Waals surface area contributed by atoms with Gasteiger partial charge < -0.3 is 53.4 Å². The smallest absolute Gasteiger partial charge is 0.328 e. The highest BCUT2D eigenvalue weighted by molar-refractivity contribution is 5.95. The predicted molar refractivity (Wildman–Crippen MR) is 176 cm³/mol. The lowest BCUT2D eigenvalue weighted by molar-refractivity contribution is -0.148. The van der Waals surface area contributed by atoms with E-state index in [1.54, 1.807) is 26.0 Å². The monoisotopic (exact) mass is 664 g/mol. The Balaban J connectivity index is 3.29. The molecule has 6 atom stereocenters. The van der Waals surface area contributed by atoms with Crippen LogP contribution < -0.4 is 33.2 Å². The fourth-order valence-corrected chi connectivity index (χ4v) is 4.91. The van der Waals surface area contributed by atoms with Crippen LogP contribution in [0.2, 0.25) is 0 Å². The Kier molecular flexibility index (Phi) is 16.6. The Morgan fingerprint density at radius 3 is 1.96 bits per heavy atom. The molecule has 0 fully saturated rings. The SMILES string of the molecule is CC(C)C[C@H](NC(=O)[C@H](Cc1ccc(O)cc1)NC(=O)[C@@H](N)CCCN=C(N)N)C(=O)N(C)[C@H](C(=O)N[C@H](C(=O)O)[C@@H](C)O)C(C)C. The number of carboxylic acid groups (broad SMARTS) is 1. The van der Waals surface area contributed by atoms with Crippen molar-refractivity contribution >= 4 is 35.6 Å². The van der Waals surface area contributed by atoms with E-state index in [2.05, 4.69) is 20.9 Å². The second-order valence-electron chi connectivity index (χ2n) is 12.4. The van der Waals surface area contributed by atoms with Gasteiger partial charge in [-0.3, -0.25) is 24.2 Å². The highest BCUT2D eigenvalue weighted by Gasteiger charge is 2.37. The summed E-state index contributed by atoms with van der Waals surface area (Å²) in [6, 6.07) is 0.0301. The lowest BCUT2D eigenvalue weighted by Gasteiger charge is -2.35. The molecule has 0 aliphatic heterocycles. The summed E-state index contributed by atoms with van der Waals surface area (Å²) in [6.45, 7) is 8.52. The summed E-state index contributed by atoms with van der Waals surface area (Å²) in [5.41, 5.74) is 17.3. The van der Waals surface area contributed by atoms with Gasteiger partial charge in [-0.05, 0) is 55.7 Å². The van der Waals surface area contributed by atoms with Crippen LogP contribution in [0.5, 0.6) is 5.75 Å². The molecule has 0 heterocycles. The molecule has 1 aromatic rings. The average molecular weight is 665 g/mol. The van der Waals surface area contributed by atoms with Gasteiger partial charge in [0.05, 0.1) is 12.1 Å². The van der Waals surface area contributed by atoms with Crippen molar-refractivity contribution < 1.29 is 39.3 Å². The molecule has 264 valence electrons. The molecule has 0 radical (unpaired) electrons. The fraction of sp³-hybridized carbons (Fsp3) is 0.613. The summed E-state index contributed by atoms with van der Waals surface area (Å²) in [4.78, 5) is 70.4. The Morgan fingerprint density at radius 1 is 0.894 bits per heavy atom. The van der Waals surface area contributed by atoms with Gasteiger partial charge in [0.1, 0.15) is 23.9 Å². The van der Waals surface area contributed by atoms with Crippen molar-refractivity contribution in [2.45, 2.75) is 96.6 Å². The van der Waals surface area contributed by atoms with Crippen molar-refractivity contribution in [3.8, 4) is 5.75 Å². The van der Waals surface area contributed by atoms with E-state index in [0.717, 1.165) is 4.90 Å². The van der Waals surface area contributed by atoms with E-state index < -0.39 is 71.8 Å². The molecule has 4 amide bonds. The van der Waals surface area contributed by atoms with Crippen molar-refractivity contribution in [2.75, 3.05) is 13.6 Å². The quantitative estimate of drug-likeness (QED) is 0.0479. The van der Waals surface area contributed by atoms with Crippen LogP contribution in [0.3, 0.4) is 0 Å². The van der Waals surface area contributed by atoms with Crippen molar-refractivity contribution in [3.63, 3.8) is 0 Å². The van der Waals surface area contributed by atoms with Gasteiger partial charge >= 0.3 is 5.97 Å². The number of phenols is 1. The average Bonchev–Trinajstić information content (AvgIpc) is 2.96. The molecule has 47 heavy (non-hydrogen) atoms. The topological polar surface area (TPSA) is 276 Å². The highest BCUT2D eigenvalue weighted by atomic mass is 16.4. The van der Waals surface area contributed by atoms with Gasteiger partial charge in [0.25, 0.3) is 0 Å². The minimum absolute atomic E-state index is 0.00392. The van der Waals surface area contributed by atoms with Gasteiger partial charge in [0, 0.05) is 20.0 Å². The molecule has 16 heteroatoms. The van der Waals surface area contributed by atoms with Crippen LogP contribution in [0.25, 0.3) is 0 Å². The van der Waals surface area contributed by atoms with E-state index in [4.69, 9.17) is 17.2 Å². The number of aliphatic hydroxyl groups excluding tert-OH is 1. The number of carbonyl (C=O) groups is 5. The van der Waals surface area contributed by atoms with Crippen molar-refractivity contribution in [1.29, 1.82) is 0 Å². The fourth-order valence-electron chi connectivity index (χ4n) is 4.91. The number of hydrogen-bond donors (Lipinski definition) is 9. The van der Waals surface area contributed by atoms with Crippen molar-refractivity contribution in [1.82, 2.24) is 20.9 Å². The number of carboxylic acids is 1. The molecule has 0 unspecified atom stereocenters. The van der Waals surface area contributed by atoms with Gasteiger partial charge in [-0.25, -0.2) is 4.79 Å². The first-order valence-corrected chi connectivity index (χ1v) is 15.5.